The zero-order valence-electron chi connectivity index (χ0n) is 24.0. The number of hydrogen-bond donors (Lipinski definition) is 3. The van der Waals surface area contributed by atoms with Crippen molar-refractivity contribution in [2.75, 3.05) is 19.7 Å². The molecule has 230 valence electrons. The SMILES string of the molecule is O=C(O)C[C@@H](CCO)c1ccc2cc(CN3CC[C@H](Oc4ccc5c(c4)CN([C@H]4CCC(=O)NC4=O)C5=O)C3)cc(F)c2n1. The third-order valence-electron chi connectivity index (χ3n) is 8.58. The van der Waals surface area contributed by atoms with E-state index in [0.29, 0.717) is 41.9 Å². The molecular formula is C32H33FN4O7. The Morgan fingerprint density at radius 3 is 2.75 bits per heavy atom. The van der Waals surface area contributed by atoms with Crippen molar-refractivity contribution in [2.24, 2.45) is 0 Å². The highest BCUT2D eigenvalue weighted by Gasteiger charge is 2.39. The summed E-state index contributed by atoms with van der Waals surface area (Å²) in [5.74, 6) is -2.35. The average Bonchev–Trinajstić information content (AvgIpc) is 3.55. The van der Waals surface area contributed by atoms with E-state index in [1.54, 1.807) is 24.3 Å². The van der Waals surface area contributed by atoms with E-state index in [0.717, 1.165) is 24.1 Å². The molecule has 4 heterocycles. The first-order valence-corrected chi connectivity index (χ1v) is 14.8. The van der Waals surface area contributed by atoms with Gasteiger partial charge in [0.25, 0.3) is 5.91 Å². The normalized spacial score (nSPS) is 21.0. The van der Waals surface area contributed by atoms with Crippen LogP contribution in [0.5, 0.6) is 5.75 Å². The Kier molecular flexibility index (Phi) is 8.28. The first-order valence-electron chi connectivity index (χ1n) is 14.8. The lowest BCUT2D eigenvalue weighted by atomic mass is 9.96. The highest BCUT2D eigenvalue weighted by molar-refractivity contribution is 6.05. The summed E-state index contributed by atoms with van der Waals surface area (Å²) in [5, 5.41) is 21.5. The Labute approximate surface area is 252 Å². The average molecular weight is 605 g/mol. The van der Waals surface area contributed by atoms with E-state index in [1.807, 2.05) is 12.1 Å². The topological polar surface area (TPSA) is 149 Å². The third-order valence-corrected chi connectivity index (χ3v) is 8.58. The Morgan fingerprint density at radius 2 is 1.98 bits per heavy atom. The van der Waals surface area contributed by atoms with Gasteiger partial charge in [0, 0.05) is 61.8 Å². The molecule has 3 aromatic rings. The second-order valence-corrected chi connectivity index (χ2v) is 11.7. The van der Waals surface area contributed by atoms with Crippen molar-refractivity contribution < 1.29 is 38.5 Å². The van der Waals surface area contributed by atoms with Crippen molar-refractivity contribution in [2.45, 2.75) is 63.3 Å². The van der Waals surface area contributed by atoms with Crippen LogP contribution in [0, 0.1) is 5.82 Å². The molecule has 0 saturated carbocycles. The third kappa shape index (κ3) is 6.13. The molecule has 0 aliphatic carbocycles. The lowest BCUT2D eigenvalue weighted by Gasteiger charge is -2.29. The van der Waals surface area contributed by atoms with Gasteiger partial charge in [-0.25, -0.2) is 9.37 Å². The van der Waals surface area contributed by atoms with Crippen LogP contribution in [0.25, 0.3) is 10.9 Å². The molecule has 2 fully saturated rings. The number of amides is 3. The Morgan fingerprint density at radius 1 is 1.14 bits per heavy atom. The van der Waals surface area contributed by atoms with Crippen LogP contribution in [0.15, 0.2) is 42.5 Å². The molecule has 3 aliphatic rings. The maximum Gasteiger partial charge on any atom is 0.304 e. The number of imide groups is 1. The van der Waals surface area contributed by atoms with Gasteiger partial charge in [-0.3, -0.25) is 29.4 Å². The molecular weight excluding hydrogens is 571 g/mol. The number of nitrogens with one attached hydrogen (secondary N) is 1. The van der Waals surface area contributed by atoms with Gasteiger partial charge in [-0.2, -0.15) is 0 Å². The fraction of sp³-hybridized carbons (Fsp3) is 0.406. The minimum absolute atomic E-state index is 0.0939. The number of fused-ring (bicyclic) bond motifs is 2. The molecule has 1 aromatic heterocycles. The number of halogens is 1. The smallest absolute Gasteiger partial charge is 0.304 e. The number of rotatable bonds is 10. The highest BCUT2D eigenvalue weighted by atomic mass is 19.1. The monoisotopic (exact) mass is 604 g/mol. The van der Waals surface area contributed by atoms with Crippen LogP contribution in [-0.4, -0.2) is 80.5 Å². The summed E-state index contributed by atoms with van der Waals surface area (Å²) in [6, 6.07) is 11.4. The van der Waals surface area contributed by atoms with Gasteiger partial charge in [0.05, 0.1) is 6.42 Å². The van der Waals surface area contributed by atoms with Crippen LogP contribution in [-0.2, 0) is 27.5 Å². The number of aromatic nitrogens is 1. The van der Waals surface area contributed by atoms with Gasteiger partial charge in [0.15, 0.2) is 0 Å². The molecule has 2 aromatic carbocycles. The number of piperidine rings is 1. The second kappa shape index (κ2) is 12.3. The van der Waals surface area contributed by atoms with Crippen molar-refractivity contribution in [1.82, 2.24) is 20.1 Å². The van der Waals surface area contributed by atoms with Crippen molar-refractivity contribution in [1.29, 1.82) is 0 Å². The van der Waals surface area contributed by atoms with Crippen molar-refractivity contribution in [3.63, 3.8) is 0 Å². The molecule has 3 atom stereocenters. The van der Waals surface area contributed by atoms with Gasteiger partial charge in [-0.1, -0.05) is 6.07 Å². The van der Waals surface area contributed by atoms with Crippen LogP contribution < -0.4 is 10.1 Å². The number of benzene rings is 2. The number of carboxylic acid groups (broad SMARTS) is 1. The Bertz CT molecular complexity index is 1650. The molecule has 3 amide bonds. The standard InChI is InChI=1S/C32H33FN4O7/c33-25-12-18(11-20-1-4-26(34-30(20)25)19(8-10-38)14-29(40)41)15-36-9-7-23(17-36)44-22-2-3-24-21(13-22)16-37(32(24)43)27-5-6-28(39)35-31(27)42/h1-4,11-13,19,23,27,38H,5-10,14-17H2,(H,40,41)(H,35,39,42)/t19-,23+,27+/m1/s1. The highest BCUT2D eigenvalue weighted by Crippen LogP contribution is 2.32. The minimum Gasteiger partial charge on any atom is -0.489 e. The van der Waals surface area contributed by atoms with Gasteiger partial charge < -0.3 is 19.8 Å². The molecule has 0 radical (unpaired) electrons. The van der Waals surface area contributed by atoms with Gasteiger partial charge in [0.2, 0.25) is 11.8 Å². The van der Waals surface area contributed by atoms with Gasteiger partial charge in [-0.05, 0) is 66.8 Å². The number of carboxylic acids is 1. The van der Waals surface area contributed by atoms with Gasteiger partial charge >= 0.3 is 5.97 Å². The van der Waals surface area contributed by atoms with Gasteiger partial charge in [0.1, 0.15) is 29.2 Å². The Hall–Kier alpha value is -4.42. The predicted octanol–water partition coefficient (Wildman–Crippen LogP) is 2.73. The number of hydrogen-bond acceptors (Lipinski definition) is 8. The van der Waals surface area contributed by atoms with E-state index in [9.17, 15) is 29.4 Å². The van der Waals surface area contributed by atoms with E-state index in [2.05, 4.69) is 15.2 Å². The fourth-order valence-corrected chi connectivity index (χ4v) is 6.42. The number of aliphatic hydroxyl groups excluding tert-OH is 1. The molecule has 0 spiro atoms. The number of carbonyl (C=O) groups is 4. The summed E-state index contributed by atoms with van der Waals surface area (Å²) in [6.07, 6.45) is 1.22. The first-order chi connectivity index (χ1) is 21.2. The van der Waals surface area contributed by atoms with E-state index in [1.165, 1.54) is 11.0 Å². The number of aliphatic hydroxyl groups is 1. The predicted molar refractivity (Wildman–Crippen MR) is 155 cm³/mol. The maximum atomic E-state index is 15.2. The molecule has 0 bridgehead atoms. The van der Waals surface area contributed by atoms with Crippen molar-refractivity contribution in [3.05, 3.63) is 70.7 Å². The molecule has 0 unspecified atom stereocenters. The number of ether oxygens (including phenoxy) is 1. The number of likely N-dealkylation sites (tertiary alicyclic amines) is 1. The number of nitrogens with zero attached hydrogens (tertiary/aromatic N) is 3. The second-order valence-electron chi connectivity index (χ2n) is 11.7. The van der Waals surface area contributed by atoms with Crippen LogP contribution in [0.2, 0.25) is 0 Å². The number of aliphatic carboxylic acids is 1. The summed E-state index contributed by atoms with van der Waals surface area (Å²) in [7, 11) is 0. The number of pyridine rings is 1. The van der Waals surface area contributed by atoms with E-state index >= 15 is 4.39 Å². The summed E-state index contributed by atoms with van der Waals surface area (Å²) in [6.45, 7) is 1.99. The lowest BCUT2D eigenvalue weighted by molar-refractivity contribution is -0.138. The van der Waals surface area contributed by atoms with Crippen LogP contribution >= 0.6 is 0 Å². The van der Waals surface area contributed by atoms with E-state index in [-0.39, 0.29) is 55.8 Å². The lowest BCUT2D eigenvalue weighted by Crippen LogP contribution is -2.52. The summed E-state index contributed by atoms with van der Waals surface area (Å²) < 4.78 is 21.4. The molecule has 3 N–H and O–H groups in total. The largest absolute Gasteiger partial charge is 0.489 e. The van der Waals surface area contributed by atoms with E-state index < -0.39 is 29.7 Å². The number of carbonyl (C=O) groups excluding carboxylic acids is 3. The zero-order chi connectivity index (χ0) is 31.0. The van der Waals surface area contributed by atoms with Crippen molar-refractivity contribution in [3.8, 4) is 5.75 Å². The van der Waals surface area contributed by atoms with Crippen molar-refractivity contribution >= 4 is 34.6 Å². The summed E-state index contributed by atoms with van der Waals surface area (Å²) in [4.78, 5) is 56.1. The first kappa shape index (κ1) is 29.6. The molecule has 44 heavy (non-hydrogen) atoms. The quantitative estimate of drug-likeness (QED) is 0.297. The summed E-state index contributed by atoms with van der Waals surface area (Å²) in [5.41, 5.74) is 2.71. The molecule has 11 nitrogen and oxygen atoms in total. The fourth-order valence-electron chi connectivity index (χ4n) is 6.42. The molecule has 6 rings (SSSR count). The maximum absolute atomic E-state index is 15.2. The molecule has 12 heteroatoms. The minimum atomic E-state index is -1.00. The summed E-state index contributed by atoms with van der Waals surface area (Å²) >= 11 is 0. The van der Waals surface area contributed by atoms with Crippen LogP contribution in [0.1, 0.15) is 65.2 Å². The van der Waals surface area contributed by atoms with Crippen LogP contribution in [0.3, 0.4) is 0 Å². The molecule has 2 saturated heterocycles. The van der Waals surface area contributed by atoms with Crippen LogP contribution in [0.4, 0.5) is 4.39 Å². The Balaban J connectivity index is 1.08. The zero-order valence-corrected chi connectivity index (χ0v) is 24.0. The van der Waals surface area contributed by atoms with Gasteiger partial charge in [-0.15, -0.1) is 0 Å². The van der Waals surface area contributed by atoms with E-state index in [4.69, 9.17) is 4.74 Å². The molecule has 3 aliphatic heterocycles.